The van der Waals surface area contributed by atoms with Crippen molar-refractivity contribution in [1.29, 1.82) is 0 Å². The second-order valence-corrected chi connectivity index (χ2v) is 3.85. The highest BCUT2D eigenvalue weighted by atomic mass is 16.3. The van der Waals surface area contributed by atoms with Crippen molar-refractivity contribution in [3.63, 3.8) is 0 Å². The van der Waals surface area contributed by atoms with E-state index in [1.165, 1.54) is 0 Å². The third-order valence-electron chi connectivity index (χ3n) is 2.78. The van der Waals surface area contributed by atoms with Crippen LogP contribution >= 0.6 is 0 Å². The zero-order valence-electron chi connectivity index (χ0n) is 8.03. The molecular weight excluding hydrogens is 164 g/mol. The molecule has 1 saturated carbocycles. The van der Waals surface area contributed by atoms with E-state index < -0.39 is 0 Å². The predicted molar refractivity (Wildman–Crippen MR) is 50.4 cm³/mol. The Morgan fingerprint density at radius 1 is 1.62 bits per heavy atom. The first kappa shape index (κ1) is 8.75. The average molecular weight is 180 g/mol. The van der Waals surface area contributed by atoms with Crippen molar-refractivity contribution in [3.05, 3.63) is 18.2 Å². The summed E-state index contributed by atoms with van der Waals surface area (Å²) >= 11 is 0. The summed E-state index contributed by atoms with van der Waals surface area (Å²) in [6.07, 6.45) is 7.53. The molecule has 3 nitrogen and oxygen atoms in total. The third-order valence-corrected chi connectivity index (χ3v) is 2.78. The molecule has 1 heterocycles. The van der Waals surface area contributed by atoms with Gasteiger partial charge >= 0.3 is 0 Å². The molecule has 0 aromatic carbocycles. The summed E-state index contributed by atoms with van der Waals surface area (Å²) in [7, 11) is 0. The molecule has 0 saturated heterocycles. The summed E-state index contributed by atoms with van der Waals surface area (Å²) < 4.78 is 2.13. The molecule has 13 heavy (non-hydrogen) atoms. The predicted octanol–water partition coefficient (Wildman–Crippen LogP) is 1.36. The van der Waals surface area contributed by atoms with Gasteiger partial charge < -0.3 is 9.67 Å². The monoisotopic (exact) mass is 180 g/mol. The van der Waals surface area contributed by atoms with E-state index in [0.29, 0.717) is 0 Å². The summed E-state index contributed by atoms with van der Waals surface area (Å²) in [6.45, 7) is 3.07. The van der Waals surface area contributed by atoms with Crippen molar-refractivity contribution in [2.24, 2.45) is 0 Å². The molecule has 0 amide bonds. The maximum absolute atomic E-state index is 9.65. The smallest absolute Gasteiger partial charge is 0.108 e. The molecule has 0 aliphatic heterocycles. The highest BCUT2D eigenvalue weighted by Gasteiger charge is 2.39. The quantitative estimate of drug-likeness (QED) is 0.759. The Hall–Kier alpha value is -0.830. The van der Waals surface area contributed by atoms with E-state index in [1.54, 1.807) is 0 Å². The van der Waals surface area contributed by atoms with Crippen LogP contribution in [0.15, 0.2) is 12.4 Å². The fourth-order valence-corrected chi connectivity index (χ4v) is 1.59. The maximum atomic E-state index is 9.65. The molecule has 0 radical (unpaired) electrons. The van der Waals surface area contributed by atoms with Crippen LogP contribution in [0.4, 0.5) is 0 Å². The molecule has 0 unspecified atom stereocenters. The second-order valence-electron chi connectivity index (χ2n) is 3.85. The number of hydrogen-bond donors (Lipinski definition) is 1. The lowest BCUT2D eigenvalue weighted by Gasteiger charge is -2.07. The summed E-state index contributed by atoms with van der Waals surface area (Å²) in [5.41, 5.74) is -0.343. The molecule has 1 aromatic heterocycles. The number of aromatic nitrogens is 2. The average Bonchev–Trinajstić information content (AvgIpc) is 2.69. The molecule has 1 aromatic rings. The lowest BCUT2D eigenvalue weighted by Crippen LogP contribution is -2.10. The van der Waals surface area contributed by atoms with Crippen LogP contribution in [0, 0.1) is 0 Å². The van der Waals surface area contributed by atoms with E-state index in [2.05, 4.69) is 16.5 Å². The molecule has 1 aliphatic carbocycles. The molecule has 0 spiro atoms. The van der Waals surface area contributed by atoms with Crippen LogP contribution in [0.1, 0.15) is 32.0 Å². The Bertz CT molecular complexity index is 289. The van der Waals surface area contributed by atoms with Gasteiger partial charge in [-0.2, -0.15) is 0 Å². The molecule has 1 fully saturated rings. The van der Waals surface area contributed by atoms with Crippen molar-refractivity contribution in [1.82, 2.24) is 9.55 Å². The molecule has 2 rings (SSSR count). The summed E-state index contributed by atoms with van der Waals surface area (Å²) in [4.78, 5) is 4.27. The molecule has 1 aliphatic rings. The number of aryl methyl sites for hydroxylation is 2. The van der Waals surface area contributed by atoms with Gasteiger partial charge in [0, 0.05) is 25.4 Å². The molecular formula is C10H16N2O. The lowest BCUT2D eigenvalue weighted by molar-refractivity contribution is 0.139. The van der Waals surface area contributed by atoms with E-state index in [9.17, 15) is 5.11 Å². The van der Waals surface area contributed by atoms with Gasteiger partial charge in [0.15, 0.2) is 0 Å². The normalized spacial score (nSPS) is 18.9. The highest BCUT2D eigenvalue weighted by molar-refractivity contribution is 4.99. The third kappa shape index (κ3) is 1.91. The fourth-order valence-electron chi connectivity index (χ4n) is 1.59. The Labute approximate surface area is 78.4 Å². The highest BCUT2D eigenvalue weighted by Crippen LogP contribution is 2.38. The number of rotatable bonds is 4. The van der Waals surface area contributed by atoms with Gasteiger partial charge in [0.25, 0.3) is 0 Å². The zero-order chi connectivity index (χ0) is 9.31. The van der Waals surface area contributed by atoms with Gasteiger partial charge in [-0.3, -0.25) is 0 Å². The second kappa shape index (κ2) is 3.14. The minimum absolute atomic E-state index is 0.343. The Balaban J connectivity index is 1.93. The van der Waals surface area contributed by atoms with Crippen LogP contribution in [-0.4, -0.2) is 20.3 Å². The van der Waals surface area contributed by atoms with Crippen LogP contribution in [0.5, 0.6) is 0 Å². The minimum Gasteiger partial charge on any atom is -0.390 e. The topological polar surface area (TPSA) is 38.0 Å². The first-order valence-corrected chi connectivity index (χ1v) is 4.96. The standard InChI is InChI=1S/C10H16N2O/c1-2-12-8-7-11-9(12)3-4-10(13)5-6-10/h7-8,13H,2-6H2,1H3. The lowest BCUT2D eigenvalue weighted by atomic mass is 10.1. The van der Waals surface area contributed by atoms with Crippen molar-refractivity contribution < 1.29 is 5.11 Å². The summed E-state index contributed by atoms with van der Waals surface area (Å²) in [5.74, 6) is 1.10. The van der Waals surface area contributed by atoms with Gasteiger partial charge in [-0.25, -0.2) is 4.98 Å². The molecule has 0 atom stereocenters. The van der Waals surface area contributed by atoms with Crippen LogP contribution in [0.2, 0.25) is 0 Å². The fraction of sp³-hybridized carbons (Fsp3) is 0.700. The van der Waals surface area contributed by atoms with Crippen LogP contribution in [0.3, 0.4) is 0 Å². The minimum atomic E-state index is -0.343. The first-order valence-electron chi connectivity index (χ1n) is 4.96. The Morgan fingerprint density at radius 2 is 2.38 bits per heavy atom. The largest absolute Gasteiger partial charge is 0.390 e. The van der Waals surface area contributed by atoms with Crippen molar-refractivity contribution in [2.45, 2.75) is 44.8 Å². The van der Waals surface area contributed by atoms with Gasteiger partial charge in [-0.1, -0.05) is 0 Å². The molecule has 3 heteroatoms. The summed E-state index contributed by atoms with van der Waals surface area (Å²) in [5, 5.41) is 9.65. The van der Waals surface area contributed by atoms with Gasteiger partial charge in [0.05, 0.1) is 5.60 Å². The van der Waals surface area contributed by atoms with E-state index in [1.807, 2.05) is 12.4 Å². The Kier molecular flexibility index (Phi) is 2.12. The van der Waals surface area contributed by atoms with Gasteiger partial charge in [0.2, 0.25) is 0 Å². The van der Waals surface area contributed by atoms with E-state index in [-0.39, 0.29) is 5.60 Å². The Morgan fingerprint density at radius 3 is 3.00 bits per heavy atom. The van der Waals surface area contributed by atoms with Crippen LogP contribution in [0.25, 0.3) is 0 Å². The van der Waals surface area contributed by atoms with Crippen LogP contribution < -0.4 is 0 Å². The number of aliphatic hydroxyl groups is 1. The number of imidazole rings is 1. The molecule has 0 bridgehead atoms. The number of hydrogen-bond acceptors (Lipinski definition) is 2. The number of nitrogens with zero attached hydrogens (tertiary/aromatic N) is 2. The maximum Gasteiger partial charge on any atom is 0.108 e. The van der Waals surface area contributed by atoms with Gasteiger partial charge in [-0.15, -0.1) is 0 Å². The van der Waals surface area contributed by atoms with E-state index >= 15 is 0 Å². The molecule has 72 valence electrons. The SMILES string of the molecule is CCn1ccnc1CCC1(O)CC1. The van der Waals surface area contributed by atoms with Gasteiger partial charge in [-0.05, 0) is 26.2 Å². The first-order chi connectivity index (χ1) is 6.23. The van der Waals surface area contributed by atoms with Crippen molar-refractivity contribution in [2.75, 3.05) is 0 Å². The van der Waals surface area contributed by atoms with Crippen molar-refractivity contribution >= 4 is 0 Å². The van der Waals surface area contributed by atoms with Crippen molar-refractivity contribution in [3.8, 4) is 0 Å². The van der Waals surface area contributed by atoms with E-state index in [4.69, 9.17) is 0 Å². The van der Waals surface area contributed by atoms with Crippen LogP contribution in [-0.2, 0) is 13.0 Å². The van der Waals surface area contributed by atoms with E-state index in [0.717, 1.165) is 38.1 Å². The van der Waals surface area contributed by atoms with Gasteiger partial charge in [0.1, 0.15) is 5.82 Å². The molecule has 1 N–H and O–H groups in total. The zero-order valence-corrected chi connectivity index (χ0v) is 8.03. The summed E-state index contributed by atoms with van der Waals surface area (Å²) in [6, 6.07) is 0.